The van der Waals surface area contributed by atoms with E-state index in [2.05, 4.69) is 21.2 Å². The van der Waals surface area contributed by atoms with Crippen molar-refractivity contribution in [3.05, 3.63) is 33.8 Å². The van der Waals surface area contributed by atoms with E-state index in [1.54, 1.807) is 12.1 Å². The molecule has 0 atom stereocenters. The number of benzene rings is 1. The minimum atomic E-state index is -1.11. The Bertz CT molecular complexity index is 536. The second-order valence-electron chi connectivity index (χ2n) is 5.31. The fraction of sp³-hybridized carbons (Fsp3) is 0.467. The van der Waals surface area contributed by atoms with Crippen LogP contribution >= 0.6 is 15.9 Å². The summed E-state index contributed by atoms with van der Waals surface area (Å²) in [4.78, 5) is 24.0. The Morgan fingerprint density at radius 3 is 2.50 bits per heavy atom. The maximum absolute atomic E-state index is 12.4. The average molecular weight is 340 g/mol. The van der Waals surface area contributed by atoms with E-state index in [4.69, 9.17) is 0 Å². The molecule has 4 nitrogen and oxygen atoms in total. The van der Waals surface area contributed by atoms with Crippen LogP contribution < -0.4 is 5.32 Å². The molecular formula is C15H18BrNO3. The van der Waals surface area contributed by atoms with Gasteiger partial charge in [0.05, 0.1) is 0 Å². The number of aliphatic carboxylic acids is 1. The Morgan fingerprint density at radius 1 is 1.25 bits per heavy atom. The third-order valence-corrected chi connectivity index (χ3v) is 4.84. The van der Waals surface area contributed by atoms with Crippen molar-refractivity contribution in [2.45, 2.75) is 44.6 Å². The first kappa shape index (κ1) is 15.0. The van der Waals surface area contributed by atoms with Crippen molar-refractivity contribution >= 4 is 27.8 Å². The van der Waals surface area contributed by atoms with E-state index in [0.29, 0.717) is 18.4 Å². The SMILES string of the molecule is Cc1c(Br)cccc1C(=O)NC1(C(=O)O)CCCCC1. The summed E-state index contributed by atoms with van der Waals surface area (Å²) in [6.07, 6.45) is 3.71. The van der Waals surface area contributed by atoms with E-state index < -0.39 is 11.5 Å². The van der Waals surface area contributed by atoms with Gasteiger partial charge in [-0.2, -0.15) is 0 Å². The van der Waals surface area contributed by atoms with Gasteiger partial charge in [-0.15, -0.1) is 0 Å². The van der Waals surface area contributed by atoms with E-state index in [9.17, 15) is 14.7 Å². The van der Waals surface area contributed by atoms with E-state index in [1.807, 2.05) is 13.0 Å². The van der Waals surface area contributed by atoms with Crippen LogP contribution in [0.15, 0.2) is 22.7 Å². The Labute approximate surface area is 126 Å². The first-order chi connectivity index (χ1) is 9.46. The van der Waals surface area contributed by atoms with Gasteiger partial charge in [0.25, 0.3) is 5.91 Å². The van der Waals surface area contributed by atoms with Gasteiger partial charge in [0, 0.05) is 10.0 Å². The number of carboxylic acids is 1. The lowest BCUT2D eigenvalue weighted by atomic mass is 9.81. The first-order valence-electron chi connectivity index (χ1n) is 6.77. The van der Waals surface area contributed by atoms with E-state index in [1.165, 1.54) is 0 Å². The molecule has 1 saturated carbocycles. The summed E-state index contributed by atoms with van der Waals surface area (Å²) < 4.78 is 0.846. The lowest BCUT2D eigenvalue weighted by Crippen LogP contribution is -2.55. The van der Waals surface area contributed by atoms with Gasteiger partial charge in [-0.05, 0) is 37.5 Å². The zero-order valence-electron chi connectivity index (χ0n) is 11.4. The molecule has 0 aliphatic heterocycles. The quantitative estimate of drug-likeness (QED) is 0.887. The molecule has 20 heavy (non-hydrogen) atoms. The van der Waals surface area contributed by atoms with Crippen molar-refractivity contribution < 1.29 is 14.7 Å². The summed E-state index contributed by atoms with van der Waals surface area (Å²) in [6.45, 7) is 1.84. The van der Waals surface area contributed by atoms with Crippen LogP contribution in [0.25, 0.3) is 0 Å². The summed E-state index contributed by atoms with van der Waals surface area (Å²) in [5.41, 5.74) is 0.233. The van der Waals surface area contributed by atoms with Gasteiger partial charge < -0.3 is 10.4 Å². The monoisotopic (exact) mass is 339 g/mol. The minimum absolute atomic E-state index is 0.312. The van der Waals surface area contributed by atoms with Gasteiger partial charge in [0.15, 0.2) is 0 Å². The highest BCUT2D eigenvalue weighted by Crippen LogP contribution is 2.29. The maximum atomic E-state index is 12.4. The molecule has 1 amide bonds. The fourth-order valence-electron chi connectivity index (χ4n) is 2.69. The van der Waals surface area contributed by atoms with E-state index in [0.717, 1.165) is 29.3 Å². The predicted octanol–water partition coefficient (Wildman–Crippen LogP) is 3.27. The molecule has 1 aromatic rings. The Hall–Kier alpha value is -1.36. The normalized spacial score (nSPS) is 17.5. The molecule has 0 aromatic heterocycles. The van der Waals surface area contributed by atoms with Crippen molar-refractivity contribution in [3.63, 3.8) is 0 Å². The molecule has 0 unspecified atom stereocenters. The highest BCUT2D eigenvalue weighted by atomic mass is 79.9. The first-order valence-corrected chi connectivity index (χ1v) is 7.56. The highest BCUT2D eigenvalue weighted by molar-refractivity contribution is 9.10. The highest BCUT2D eigenvalue weighted by Gasteiger charge is 2.41. The van der Waals surface area contributed by atoms with Crippen molar-refractivity contribution in [2.24, 2.45) is 0 Å². The molecule has 0 radical (unpaired) electrons. The molecule has 0 saturated heterocycles. The Kier molecular flexibility index (Phi) is 4.48. The summed E-state index contributed by atoms with van der Waals surface area (Å²) in [7, 11) is 0. The molecule has 1 aliphatic rings. The van der Waals surface area contributed by atoms with Crippen LogP contribution in [0, 0.1) is 6.92 Å². The molecule has 5 heteroatoms. The topological polar surface area (TPSA) is 66.4 Å². The van der Waals surface area contributed by atoms with Crippen molar-refractivity contribution in [2.75, 3.05) is 0 Å². The number of rotatable bonds is 3. The molecule has 1 fully saturated rings. The third kappa shape index (κ3) is 2.87. The maximum Gasteiger partial charge on any atom is 0.329 e. The van der Waals surface area contributed by atoms with Crippen LogP contribution in [0.3, 0.4) is 0 Å². The molecular weight excluding hydrogens is 322 g/mol. The van der Waals surface area contributed by atoms with E-state index in [-0.39, 0.29) is 5.91 Å². The van der Waals surface area contributed by atoms with Crippen molar-refractivity contribution in [1.29, 1.82) is 0 Å². The smallest absolute Gasteiger partial charge is 0.329 e. The van der Waals surface area contributed by atoms with Crippen LogP contribution in [-0.4, -0.2) is 22.5 Å². The summed E-state index contributed by atoms with van der Waals surface area (Å²) in [6, 6.07) is 5.35. The zero-order valence-corrected chi connectivity index (χ0v) is 13.0. The van der Waals surface area contributed by atoms with Crippen LogP contribution in [0.5, 0.6) is 0 Å². The molecule has 1 aromatic carbocycles. The number of hydrogen-bond donors (Lipinski definition) is 2. The van der Waals surface area contributed by atoms with Crippen molar-refractivity contribution in [3.8, 4) is 0 Å². The second kappa shape index (κ2) is 5.95. The van der Waals surface area contributed by atoms with Gasteiger partial charge in [0.1, 0.15) is 5.54 Å². The van der Waals surface area contributed by atoms with Crippen LogP contribution in [0.1, 0.15) is 48.0 Å². The van der Waals surface area contributed by atoms with Crippen molar-refractivity contribution in [1.82, 2.24) is 5.32 Å². The van der Waals surface area contributed by atoms with Gasteiger partial charge in [0.2, 0.25) is 0 Å². The number of amides is 1. The summed E-state index contributed by atoms with van der Waals surface area (Å²) in [5.74, 6) is -1.24. The molecule has 0 spiro atoms. The number of halogens is 1. The number of nitrogens with one attached hydrogen (secondary N) is 1. The van der Waals surface area contributed by atoms with Crippen LogP contribution in [-0.2, 0) is 4.79 Å². The number of carbonyl (C=O) groups is 2. The number of carbonyl (C=O) groups excluding carboxylic acids is 1. The Morgan fingerprint density at radius 2 is 1.90 bits per heavy atom. The Balaban J connectivity index is 2.25. The molecule has 0 heterocycles. The summed E-state index contributed by atoms with van der Waals surface area (Å²) in [5, 5.41) is 12.2. The largest absolute Gasteiger partial charge is 0.480 e. The minimum Gasteiger partial charge on any atom is -0.480 e. The molecule has 108 valence electrons. The van der Waals surface area contributed by atoms with E-state index >= 15 is 0 Å². The third-order valence-electron chi connectivity index (χ3n) is 3.98. The van der Waals surface area contributed by atoms with Crippen LogP contribution in [0.4, 0.5) is 0 Å². The van der Waals surface area contributed by atoms with Crippen LogP contribution in [0.2, 0.25) is 0 Å². The lowest BCUT2D eigenvalue weighted by molar-refractivity contribution is -0.145. The predicted molar refractivity (Wildman–Crippen MR) is 79.8 cm³/mol. The second-order valence-corrected chi connectivity index (χ2v) is 6.17. The zero-order chi connectivity index (χ0) is 14.8. The molecule has 0 bridgehead atoms. The van der Waals surface area contributed by atoms with Gasteiger partial charge in [-0.25, -0.2) is 4.79 Å². The number of carboxylic acid groups (broad SMARTS) is 1. The lowest BCUT2D eigenvalue weighted by Gasteiger charge is -2.34. The fourth-order valence-corrected chi connectivity index (χ4v) is 3.05. The van der Waals surface area contributed by atoms with Gasteiger partial charge >= 0.3 is 5.97 Å². The van der Waals surface area contributed by atoms with Gasteiger partial charge in [-0.3, -0.25) is 4.79 Å². The average Bonchev–Trinajstić information content (AvgIpc) is 2.42. The molecule has 2 rings (SSSR count). The summed E-state index contributed by atoms with van der Waals surface area (Å²) >= 11 is 3.39. The molecule has 1 aliphatic carbocycles. The standard InChI is InChI=1S/C15H18BrNO3/c1-10-11(6-5-7-12(10)16)13(18)17-15(14(19)20)8-3-2-4-9-15/h5-7H,2-4,8-9H2,1H3,(H,17,18)(H,19,20). The number of hydrogen-bond acceptors (Lipinski definition) is 2. The molecule has 2 N–H and O–H groups in total. The van der Waals surface area contributed by atoms with Gasteiger partial charge in [-0.1, -0.05) is 41.3 Å².